The summed E-state index contributed by atoms with van der Waals surface area (Å²) in [5.41, 5.74) is 0.169. The molecule has 2 rings (SSSR count). The number of aromatic nitrogens is 2. The lowest BCUT2D eigenvalue weighted by molar-refractivity contribution is -0.147. The van der Waals surface area contributed by atoms with Crippen LogP contribution in [0.15, 0.2) is 11.1 Å². The fraction of sp³-hybridized carbons (Fsp3) is 0.600. The second kappa shape index (κ2) is 9.82. The molecule has 0 aromatic carbocycles. The average Bonchev–Trinajstić information content (AvgIpc) is 3.02. The number of hydrogen-bond acceptors (Lipinski definition) is 7. The Labute approximate surface area is 168 Å². The number of hydrogen-bond donors (Lipinski definition) is 0. The Bertz CT molecular complexity index is 902. The lowest BCUT2D eigenvalue weighted by Gasteiger charge is -2.14. The van der Waals surface area contributed by atoms with E-state index in [4.69, 9.17) is 9.47 Å². The zero-order chi connectivity index (χ0) is 20.8. The first kappa shape index (κ1) is 22.1. The summed E-state index contributed by atoms with van der Waals surface area (Å²) in [6.07, 6.45) is 4.66. The third-order valence-corrected chi connectivity index (χ3v) is 5.87. The number of fused-ring (bicyclic) bond motifs is 1. The highest BCUT2D eigenvalue weighted by Gasteiger charge is 2.24. The average molecular weight is 409 g/mol. The maximum Gasteiger partial charge on any atom is 0.348 e. The minimum absolute atomic E-state index is 0.204. The summed E-state index contributed by atoms with van der Waals surface area (Å²) in [4.78, 5) is 42.7. The van der Waals surface area contributed by atoms with Crippen LogP contribution in [0.4, 0.5) is 0 Å². The molecular formula is C20H28N2O5S. The Morgan fingerprint density at radius 1 is 1.25 bits per heavy atom. The van der Waals surface area contributed by atoms with Crippen molar-refractivity contribution in [3.8, 4) is 0 Å². The van der Waals surface area contributed by atoms with Gasteiger partial charge in [0.05, 0.1) is 24.4 Å². The number of nitrogens with zero attached hydrogens (tertiary/aromatic N) is 2. The highest BCUT2D eigenvalue weighted by Crippen LogP contribution is 2.28. The van der Waals surface area contributed by atoms with Gasteiger partial charge in [-0.25, -0.2) is 14.6 Å². The van der Waals surface area contributed by atoms with Gasteiger partial charge in [0.2, 0.25) is 0 Å². The van der Waals surface area contributed by atoms with Crippen LogP contribution in [-0.4, -0.2) is 34.2 Å². The zero-order valence-electron chi connectivity index (χ0n) is 17.1. The van der Waals surface area contributed by atoms with E-state index in [0.717, 1.165) is 30.6 Å². The van der Waals surface area contributed by atoms with Gasteiger partial charge in [-0.05, 0) is 39.2 Å². The molecule has 2 heterocycles. The molecule has 0 amide bonds. The van der Waals surface area contributed by atoms with Crippen LogP contribution >= 0.6 is 11.3 Å². The normalized spacial score (nSPS) is 13.3. The fourth-order valence-corrected chi connectivity index (χ4v) is 3.71. The van der Waals surface area contributed by atoms with Crippen molar-refractivity contribution in [3.63, 3.8) is 0 Å². The molecule has 0 aliphatic carbocycles. The van der Waals surface area contributed by atoms with E-state index >= 15 is 0 Å². The molecular weight excluding hydrogens is 380 g/mol. The Morgan fingerprint density at radius 3 is 2.61 bits per heavy atom. The van der Waals surface area contributed by atoms with E-state index in [9.17, 15) is 14.4 Å². The van der Waals surface area contributed by atoms with E-state index in [1.54, 1.807) is 13.8 Å². The highest BCUT2D eigenvalue weighted by atomic mass is 32.1. The maximum absolute atomic E-state index is 13.0. The van der Waals surface area contributed by atoms with Crippen LogP contribution in [0, 0.1) is 6.92 Å². The van der Waals surface area contributed by atoms with Crippen molar-refractivity contribution < 1.29 is 19.1 Å². The van der Waals surface area contributed by atoms with Crippen LogP contribution in [0.2, 0.25) is 0 Å². The van der Waals surface area contributed by atoms with Gasteiger partial charge >= 0.3 is 11.9 Å². The topological polar surface area (TPSA) is 87.5 Å². The minimum Gasteiger partial charge on any atom is -0.464 e. The quantitative estimate of drug-likeness (QED) is 0.460. The van der Waals surface area contributed by atoms with Gasteiger partial charge in [0.25, 0.3) is 5.56 Å². The lowest BCUT2D eigenvalue weighted by Crippen LogP contribution is -2.29. The first-order valence-corrected chi connectivity index (χ1v) is 10.5. The first-order chi connectivity index (χ1) is 13.3. The second-order valence-corrected chi connectivity index (χ2v) is 7.87. The molecule has 154 valence electrons. The largest absolute Gasteiger partial charge is 0.464 e. The molecule has 0 fully saturated rings. The van der Waals surface area contributed by atoms with Gasteiger partial charge in [-0.1, -0.05) is 26.7 Å². The smallest absolute Gasteiger partial charge is 0.348 e. The third-order valence-electron chi connectivity index (χ3n) is 4.70. The van der Waals surface area contributed by atoms with Crippen LogP contribution < -0.4 is 5.56 Å². The molecule has 0 aliphatic heterocycles. The molecule has 0 radical (unpaired) electrons. The lowest BCUT2D eigenvalue weighted by atomic mass is 10.2. The molecule has 0 bridgehead atoms. The number of unbranched alkanes of at least 4 members (excludes halogenated alkanes) is 2. The van der Waals surface area contributed by atoms with Crippen molar-refractivity contribution in [3.05, 3.63) is 27.1 Å². The van der Waals surface area contributed by atoms with Crippen molar-refractivity contribution in [1.29, 1.82) is 0 Å². The summed E-state index contributed by atoms with van der Waals surface area (Å²) in [5.74, 6) is -0.923. The molecule has 2 unspecified atom stereocenters. The number of thiophene rings is 1. The summed E-state index contributed by atoms with van der Waals surface area (Å²) in [6, 6.07) is -0.791. The van der Waals surface area contributed by atoms with Gasteiger partial charge in [0.15, 0.2) is 0 Å². The second-order valence-electron chi connectivity index (χ2n) is 6.87. The summed E-state index contributed by atoms with van der Waals surface area (Å²) in [7, 11) is 0. The number of aryl methyl sites for hydroxylation is 1. The first-order valence-electron chi connectivity index (χ1n) is 9.69. The van der Waals surface area contributed by atoms with Crippen LogP contribution in [0.5, 0.6) is 0 Å². The number of esters is 2. The molecule has 2 atom stereocenters. The predicted octanol–water partition coefficient (Wildman–Crippen LogP) is 4.02. The number of carbonyl (C=O) groups is 2. The standard InChI is InChI=1S/C20H28N2O5S/c1-6-8-9-10-26-19(24)14(5)22-11-21-17-15(18(22)23)13(4)16(28-17)20(25)27-12(3)7-2/h11-12,14H,6-10H2,1-5H3. The molecule has 28 heavy (non-hydrogen) atoms. The van der Waals surface area contributed by atoms with E-state index in [1.165, 1.54) is 10.9 Å². The van der Waals surface area contributed by atoms with Crippen LogP contribution in [0.25, 0.3) is 10.2 Å². The molecule has 2 aromatic heterocycles. The van der Waals surface area contributed by atoms with Gasteiger partial charge in [0.1, 0.15) is 15.7 Å². The maximum atomic E-state index is 13.0. The predicted molar refractivity (Wildman–Crippen MR) is 109 cm³/mol. The molecule has 0 saturated heterocycles. The molecule has 0 saturated carbocycles. The highest BCUT2D eigenvalue weighted by molar-refractivity contribution is 7.20. The van der Waals surface area contributed by atoms with E-state index < -0.39 is 18.0 Å². The molecule has 0 N–H and O–H groups in total. The van der Waals surface area contributed by atoms with Crippen LogP contribution in [-0.2, 0) is 14.3 Å². The number of ether oxygens (including phenoxy) is 2. The molecule has 7 nitrogen and oxygen atoms in total. The Kier molecular flexibility index (Phi) is 7.74. The van der Waals surface area contributed by atoms with E-state index in [1.807, 2.05) is 13.8 Å². The van der Waals surface area contributed by atoms with Crippen LogP contribution in [0.3, 0.4) is 0 Å². The van der Waals surface area contributed by atoms with Gasteiger partial charge in [-0.3, -0.25) is 9.36 Å². The Balaban J connectivity index is 2.29. The minimum atomic E-state index is -0.791. The van der Waals surface area contributed by atoms with E-state index in [-0.39, 0.29) is 11.7 Å². The Hall–Kier alpha value is -2.22. The zero-order valence-corrected chi connectivity index (χ0v) is 17.9. The fourth-order valence-electron chi connectivity index (χ4n) is 2.69. The Morgan fingerprint density at radius 2 is 1.96 bits per heavy atom. The van der Waals surface area contributed by atoms with Gasteiger partial charge in [0, 0.05) is 0 Å². The van der Waals surface area contributed by atoms with E-state index in [0.29, 0.717) is 33.7 Å². The van der Waals surface area contributed by atoms with Gasteiger partial charge < -0.3 is 9.47 Å². The third kappa shape index (κ3) is 4.79. The monoisotopic (exact) mass is 408 g/mol. The van der Waals surface area contributed by atoms with Crippen molar-refractivity contribution in [2.24, 2.45) is 0 Å². The number of rotatable bonds is 9. The van der Waals surface area contributed by atoms with Crippen LogP contribution in [0.1, 0.15) is 74.7 Å². The number of carbonyl (C=O) groups excluding carboxylic acids is 2. The van der Waals surface area contributed by atoms with Gasteiger partial charge in [-0.2, -0.15) is 0 Å². The molecule has 0 spiro atoms. The van der Waals surface area contributed by atoms with E-state index in [2.05, 4.69) is 11.9 Å². The molecule has 0 aliphatic rings. The summed E-state index contributed by atoms with van der Waals surface area (Å²) >= 11 is 1.13. The molecule has 8 heteroatoms. The van der Waals surface area contributed by atoms with Crippen molar-refractivity contribution >= 4 is 33.5 Å². The van der Waals surface area contributed by atoms with Crippen molar-refractivity contribution in [1.82, 2.24) is 9.55 Å². The van der Waals surface area contributed by atoms with Gasteiger partial charge in [-0.15, -0.1) is 11.3 Å². The summed E-state index contributed by atoms with van der Waals surface area (Å²) < 4.78 is 11.9. The van der Waals surface area contributed by atoms with Crippen molar-refractivity contribution in [2.45, 2.75) is 72.4 Å². The SMILES string of the molecule is CCCCCOC(=O)C(C)n1cnc2sc(C(=O)OC(C)CC)c(C)c2c1=O. The molecule has 2 aromatic rings. The summed E-state index contributed by atoms with van der Waals surface area (Å²) in [6.45, 7) is 9.47. The van der Waals surface area contributed by atoms with Crippen molar-refractivity contribution in [2.75, 3.05) is 6.61 Å². The summed E-state index contributed by atoms with van der Waals surface area (Å²) in [5, 5.41) is 0.342.